The van der Waals surface area contributed by atoms with Crippen molar-refractivity contribution in [3.63, 3.8) is 0 Å². The van der Waals surface area contributed by atoms with Gasteiger partial charge in [0.25, 0.3) is 0 Å². The molecule has 3 heterocycles. The maximum atomic E-state index is 5.42. The Labute approximate surface area is 141 Å². The minimum absolute atomic E-state index is 0.301. The summed E-state index contributed by atoms with van der Waals surface area (Å²) in [5, 5.41) is 3.37. The van der Waals surface area contributed by atoms with Gasteiger partial charge in [-0.3, -0.25) is 0 Å². The lowest BCUT2D eigenvalue weighted by molar-refractivity contribution is 0.174. The van der Waals surface area contributed by atoms with Gasteiger partial charge >= 0.3 is 0 Å². The van der Waals surface area contributed by atoms with Crippen molar-refractivity contribution in [2.45, 2.75) is 26.3 Å². The molecule has 0 spiro atoms. The highest BCUT2D eigenvalue weighted by Gasteiger charge is 2.18. The second-order valence-corrected chi connectivity index (χ2v) is 6.50. The van der Waals surface area contributed by atoms with Crippen LogP contribution in [0.15, 0.2) is 30.6 Å². The second-order valence-electron chi connectivity index (χ2n) is 6.50. The van der Waals surface area contributed by atoms with Crippen LogP contribution in [-0.2, 0) is 6.54 Å². The maximum absolute atomic E-state index is 5.42. The van der Waals surface area contributed by atoms with Gasteiger partial charge in [0.2, 0.25) is 6.79 Å². The highest BCUT2D eigenvalue weighted by Crippen LogP contribution is 2.32. The summed E-state index contributed by atoms with van der Waals surface area (Å²) in [6.07, 6.45) is 4.17. The smallest absolute Gasteiger partial charge is 0.231 e. The summed E-state index contributed by atoms with van der Waals surface area (Å²) < 4.78 is 10.8. The van der Waals surface area contributed by atoms with Crippen LogP contribution < -0.4 is 19.7 Å². The molecule has 24 heavy (non-hydrogen) atoms. The first-order valence-electron chi connectivity index (χ1n) is 8.47. The van der Waals surface area contributed by atoms with Gasteiger partial charge in [0.05, 0.1) is 0 Å². The third-order valence-electron chi connectivity index (χ3n) is 4.54. The molecule has 1 unspecified atom stereocenters. The summed E-state index contributed by atoms with van der Waals surface area (Å²) in [4.78, 5) is 11.1. The highest BCUT2D eigenvalue weighted by molar-refractivity contribution is 5.50. The van der Waals surface area contributed by atoms with E-state index < -0.39 is 0 Å². The van der Waals surface area contributed by atoms with E-state index in [0.717, 1.165) is 47.7 Å². The van der Waals surface area contributed by atoms with Crippen LogP contribution in [0.1, 0.15) is 25.3 Å². The summed E-state index contributed by atoms with van der Waals surface area (Å²) in [5.74, 6) is 4.18. The van der Waals surface area contributed by atoms with Crippen molar-refractivity contribution in [3.05, 3.63) is 36.2 Å². The number of anilines is 2. The van der Waals surface area contributed by atoms with E-state index in [1.165, 1.54) is 12.8 Å². The number of aromatic nitrogens is 2. The molecule has 2 aromatic rings. The minimum Gasteiger partial charge on any atom is -0.454 e. The third kappa shape index (κ3) is 3.22. The fourth-order valence-corrected chi connectivity index (χ4v) is 3.26. The highest BCUT2D eigenvalue weighted by atomic mass is 16.7. The van der Waals surface area contributed by atoms with Crippen LogP contribution in [0.2, 0.25) is 0 Å². The van der Waals surface area contributed by atoms with E-state index in [-0.39, 0.29) is 0 Å². The fourth-order valence-electron chi connectivity index (χ4n) is 3.26. The van der Waals surface area contributed by atoms with Gasteiger partial charge in [0.15, 0.2) is 11.5 Å². The molecule has 0 saturated carbocycles. The lowest BCUT2D eigenvalue weighted by Crippen LogP contribution is -2.34. The van der Waals surface area contributed by atoms with Crippen molar-refractivity contribution in [1.82, 2.24) is 9.97 Å². The number of benzene rings is 1. The zero-order chi connectivity index (χ0) is 16.4. The van der Waals surface area contributed by atoms with E-state index in [0.29, 0.717) is 13.3 Å². The molecule has 1 saturated heterocycles. The van der Waals surface area contributed by atoms with Crippen molar-refractivity contribution in [1.29, 1.82) is 0 Å². The Morgan fingerprint density at radius 2 is 2.12 bits per heavy atom. The average Bonchev–Trinajstić information content (AvgIpc) is 3.08. The number of nitrogens with one attached hydrogen (secondary N) is 1. The first-order valence-corrected chi connectivity index (χ1v) is 8.47. The maximum Gasteiger partial charge on any atom is 0.231 e. The molecule has 0 aliphatic carbocycles. The van der Waals surface area contributed by atoms with Crippen molar-refractivity contribution in [2.24, 2.45) is 5.92 Å². The molecule has 0 radical (unpaired) electrons. The van der Waals surface area contributed by atoms with Gasteiger partial charge in [-0.05, 0) is 36.5 Å². The normalized spacial score (nSPS) is 19.4. The van der Waals surface area contributed by atoms with E-state index in [1.54, 1.807) is 6.33 Å². The molecular formula is C18H22N4O2. The molecule has 4 rings (SSSR count). The Bertz CT molecular complexity index is 722. The number of hydrogen-bond donors (Lipinski definition) is 1. The van der Waals surface area contributed by atoms with E-state index in [4.69, 9.17) is 9.47 Å². The lowest BCUT2D eigenvalue weighted by Gasteiger charge is -2.31. The Morgan fingerprint density at radius 1 is 1.21 bits per heavy atom. The zero-order valence-corrected chi connectivity index (χ0v) is 13.9. The number of rotatable bonds is 4. The van der Waals surface area contributed by atoms with Gasteiger partial charge in [-0.15, -0.1) is 0 Å². The van der Waals surface area contributed by atoms with E-state index in [2.05, 4.69) is 27.1 Å². The monoisotopic (exact) mass is 326 g/mol. The van der Waals surface area contributed by atoms with E-state index in [9.17, 15) is 0 Å². The first-order chi connectivity index (χ1) is 11.8. The predicted molar refractivity (Wildman–Crippen MR) is 92.5 cm³/mol. The quantitative estimate of drug-likeness (QED) is 0.932. The number of ether oxygens (including phenoxy) is 2. The van der Waals surface area contributed by atoms with Crippen LogP contribution in [0, 0.1) is 5.92 Å². The Balaban J connectivity index is 1.42. The van der Waals surface area contributed by atoms with Crippen LogP contribution in [0.3, 0.4) is 0 Å². The van der Waals surface area contributed by atoms with Crippen LogP contribution >= 0.6 is 0 Å². The molecule has 1 aromatic carbocycles. The van der Waals surface area contributed by atoms with Crippen molar-refractivity contribution in [3.8, 4) is 11.5 Å². The molecule has 1 fully saturated rings. The van der Waals surface area contributed by atoms with Crippen molar-refractivity contribution in [2.75, 3.05) is 30.1 Å². The van der Waals surface area contributed by atoms with Crippen LogP contribution in [0.4, 0.5) is 11.6 Å². The van der Waals surface area contributed by atoms with Gasteiger partial charge in [-0.1, -0.05) is 13.0 Å². The fraction of sp³-hybridized carbons (Fsp3) is 0.444. The Hall–Kier alpha value is -2.50. The van der Waals surface area contributed by atoms with Crippen molar-refractivity contribution >= 4 is 11.6 Å². The number of hydrogen-bond acceptors (Lipinski definition) is 6. The minimum atomic E-state index is 0.301. The molecule has 0 amide bonds. The van der Waals surface area contributed by atoms with Crippen LogP contribution in [0.25, 0.3) is 0 Å². The summed E-state index contributed by atoms with van der Waals surface area (Å²) in [6.45, 7) is 5.42. The van der Waals surface area contributed by atoms with Crippen molar-refractivity contribution < 1.29 is 9.47 Å². The molecule has 6 nitrogen and oxygen atoms in total. The molecule has 0 bridgehead atoms. The van der Waals surface area contributed by atoms with Gasteiger partial charge in [-0.25, -0.2) is 9.97 Å². The molecule has 1 aromatic heterocycles. The topological polar surface area (TPSA) is 59.5 Å². The standard InChI is InChI=1S/C18H22N4O2/c1-13-3-2-6-22(10-13)18-8-17(20-11-21-18)19-9-14-4-5-15-16(7-14)24-12-23-15/h4-5,7-8,11,13H,2-3,6,9-10,12H2,1H3,(H,19,20,21). The largest absolute Gasteiger partial charge is 0.454 e. The molecule has 2 aliphatic rings. The molecule has 1 N–H and O–H groups in total. The molecule has 1 atom stereocenters. The van der Waals surface area contributed by atoms with Gasteiger partial charge in [-0.2, -0.15) is 0 Å². The number of nitrogens with zero attached hydrogens (tertiary/aromatic N) is 3. The molecular weight excluding hydrogens is 304 g/mol. The zero-order valence-electron chi connectivity index (χ0n) is 13.9. The Morgan fingerprint density at radius 3 is 3.04 bits per heavy atom. The summed E-state index contributed by atoms with van der Waals surface area (Å²) in [7, 11) is 0. The lowest BCUT2D eigenvalue weighted by atomic mass is 10.0. The van der Waals surface area contributed by atoms with Gasteiger partial charge in [0, 0.05) is 25.7 Å². The summed E-state index contributed by atoms with van der Waals surface area (Å²) in [6, 6.07) is 8.02. The second kappa shape index (κ2) is 6.55. The van der Waals surface area contributed by atoms with Crippen LogP contribution in [0.5, 0.6) is 11.5 Å². The van der Waals surface area contributed by atoms with Crippen LogP contribution in [-0.4, -0.2) is 29.9 Å². The SMILES string of the molecule is CC1CCCN(c2cc(NCc3ccc4c(c3)OCO4)ncn2)C1. The molecule has 2 aliphatic heterocycles. The number of fused-ring (bicyclic) bond motifs is 1. The van der Waals surface area contributed by atoms with Gasteiger partial charge in [0.1, 0.15) is 18.0 Å². The summed E-state index contributed by atoms with van der Waals surface area (Å²) in [5.41, 5.74) is 1.13. The first kappa shape index (κ1) is 15.1. The van der Waals surface area contributed by atoms with Gasteiger partial charge < -0.3 is 19.7 Å². The summed E-state index contributed by atoms with van der Waals surface area (Å²) >= 11 is 0. The van der Waals surface area contributed by atoms with E-state index in [1.807, 2.05) is 24.3 Å². The average molecular weight is 326 g/mol. The van der Waals surface area contributed by atoms with E-state index >= 15 is 0 Å². The molecule has 126 valence electrons. The molecule has 6 heteroatoms. The Kier molecular flexibility index (Phi) is 4.11. The third-order valence-corrected chi connectivity index (χ3v) is 4.54. The number of piperidine rings is 1. The predicted octanol–water partition coefficient (Wildman–Crippen LogP) is 3.05.